The van der Waals surface area contributed by atoms with Crippen molar-refractivity contribution in [1.82, 2.24) is 9.80 Å². The second-order valence-electron chi connectivity index (χ2n) is 20.3. The summed E-state index contributed by atoms with van der Waals surface area (Å²) < 4.78 is 0. The molecule has 4 unspecified atom stereocenters. The van der Waals surface area contributed by atoms with Gasteiger partial charge in [-0.2, -0.15) is 0 Å². The van der Waals surface area contributed by atoms with Crippen LogP contribution in [0, 0.1) is 0 Å². The van der Waals surface area contributed by atoms with E-state index in [2.05, 4.69) is 44.1 Å². The van der Waals surface area contributed by atoms with Crippen molar-refractivity contribution in [2.45, 2.75) is 290 Å². The van der Waals surface area contributed by atoms with Gasteiger partial charge in [0.2, 0.25) is 5.12 Å². The molecule has 0 amide bonds. The highest BCUT2D eigenvalue weighted by Crippen LogP contribution is 2.20. The van der Waals surface area contributed by atoms with Crippen molar-refractivity contribution >= 4 is 33.8 Å². The van der Waals surface area contributed by atoms with E-state index in [0.29, 0.717) is 56.3 Å². The fourth-order valence-electron chi connectivity index (χ4n) is 9.08. The Labute approximate surface area is 424 Å². The van der Waals surface area contributed by atoms with Gasteiger partial charge in [0.1, 0.15) is 0 Å². The molecule has 67 heavy (non-hydrogen) atoms. The van der Waals surface area contributed by atoms with Crippen molar-refractivity contribution in [2.75, 3.05) is 50.8 Å². The molecule has 0 aromatic heterocycles. The first kappa shape index (κ1) is 66.5. The average Bonchev–Trinajstić information content (AvgIpc) is 3.29. The third-order valence-electron chi connectivity index (χ3n) is 13.4. The predicted octanol–water partition coefficient (Wildman–Crippen LogP) is 14.6. The zero-order valence-corrected chi connectivity index (χ0v) is 46.3. The van der Waals surface area contributed by atoms with Crippen LogP contribution in [0.3, 0.4) is 0 Å². The molecule has 0 heterocycles. The van der Waals surface area contributed by atoms with Crippen LogP contribution >= 0.6 is 23.5 Å². The quantitative estimate of drug-likeness (QED) is 0.0346. The summed E-state index contributed by atoms with van der Waals surface area (Å²) in [4.78, 5) is 30.6. The van der Waals surface area contributed by atoms with E-state index >= 15 is 0 Å². The highest BCUT2D eigenvalue weighted by molar-refractivity contribution is 8.14. The SMILES string of the molecule is C=C(CC(=O)SCCN(CC(O)CCCCCCCCCC)CC(O)CCCCCCCCCC)C(=O)SCCN(CC(O)CCCCCCCCCC)CC(O)CCCCCCCCCC. The van der Waals surface area contributed by atoms with E-state index in [-0.39, 0.29) is 16.7 Å². The van der Waals surface area contributed by atoms with Crippen LogP contribution in [0.15, 0.2) is 12.2 Å². The van der Waals surface area contributed by atoms with Crippen molar-refractivity contribution in [3.8, 4) is 0 Å². The summed E-state index contributed by atoms with van der Waals surface area (Å²) in [6.07, 6.45) is 40.4. The van der Waals surface area contributed by atoms with Crippen LogP contribution in [0.4, 0.5) is 0 Å². The number of nitrogens with zero attached hydrogens (tertiary/aromatic N) is 2. The Balaban J connectivity index is 5.03. The summed E-state index contributed by atoms with van der Waals surface area (Å²) in [5.41, 5.74) is 0.303. The first-order valence-corrected chi connectivity index (χ1v) is 30.7. The number of rotatable bonds is 53. The Hall–Kier alpha value is -0.460. The predicted molar refractivity (Wildman–Crippen MR) is 295 cm³/mol. The fourth-order valence-corrected chi connectivity index (χ4v) is 10.7. The molecule has 10 heteroatoms. The van der Waals surface area contributed by atoms with Crippen LogP contribution in [0.25, 0.3) is 0 Å². The summed E-state index contributed by atoms with van der Waals surface area (Å²) in [5.74, 6) is 1.03. The molecule has 0 aromatic carbocycles. The molecule has 0 rings (SSSR count). The maximum Gasteiger partial charge on any atom is 0.215 e. The Morgan fingerprint density at radius 2 is 0.627 bits per heavy atom. The molecule has 0 aliphatic heterocycles. The van der Waals surface area contributed by atoms with Gasteiger partial charge in [-0.25, -0.2) is 0 Å². The number of hydrogen-bond acceptors (Lipinski definition) is 10. The van der Waals surface area contributed by atoms with Crippen molar-refractivity contribution in [1.29, 1.82) is 0 Å². The molecule has 4 atom stereocenters. The zero-order valence-electron chi connectivity index (χ0n) is 44.7. The summed E-state index contributed by atoms with van der Waals surface area (Å²) in [5, 5.41) is 43.8. The lowest BCUT2D eigenvalue weighted by molar-refractivity contribution is -0.112. The lowest BCUT2D eigenvalue weighted by Gasteiger charge is -2.27. The van der Waals surface area contributed by atoms with Crippen molar-refractivity contribution in [3.05, 3.63) is 12.2 Å². The summed E-state index contributed by atoms with van der Waals surface area (Å²) in [7, 11) is 0. The van der Waals surface area contributed by atoms with Crippen LogP contribution in [0.2, 0.25) is 0 Å². The topological polar surface area (TPSA) is 122 Å². The van der Waals surface area contributed by atoms with E-state index in [1.54, 1.807) is 0 Å². The second kappa shape index (κ2) is 50.5. The second-order valence-corrected chi connectivity index (χ2v) is 22.5. The smallest absolute Gasteiger partial charge is 0.215 e. The summed E-state index contributed by atoms with van der Waals surface area (Å²) in [6, 6.07) is 0. The molecule has 0 aliphatic carbocycles. The standard InChI is InChI=1S/C57H112N2O6S2/c1-6-10-14-18-22-26-30-34-38-52(60)47-58(48-53(61)39-35-31-27-23-19-15-11-7-2)42-44-66-56(64)46-51(5)57(65)67-45-43-59(49-54(62)40-36-32-28-24-20-16-12-8-3)50-55(63)41-37-33-29-25-21-17-13-9-4/h52-55,60-63H,5-50H2,1-4H3. The molecule has 0 spiro atoms. The van der Waals surface area contributed by atoms with E-state index in [1.165, 1.54) is 178 Å². The maximum atomic E-state index is 13.2. The molecule has 4 N–H and O–H groups in total. The molecule has 398 valence electrons. The lowest BCUT2D eigenvalue weighted by atomic mass is 10.0. The van der Waals surface area contributed by atoms with Gasteiger partial charge in [-0.05, 0) is 25.7 Å². The molecule has 0 saturated carbocycles. The monoisotopic (exact) mass is 985 g/mol. The van der Waals surface area contributed by atoms with Gasteiger partial charge in [-0.3, -0.25) is 19.4 Å². The Bertz CT molecular complexity index is 1040. The number of aliphatic hydroxyl groups is 4. The Morgan fingerprint density at radius 3 is 0.896 bits per heavy atom. The Kier molecular flexibility index (Phi) is 50.1. The van der Waals surface area contributed by atoms with E-state index in [0.717, 1.165) is 77.0 Å². The third-order valence-corrected chi connectivity index (χ3v) is 15.2. The number of aliphatic hydroxyl groups excluding tert-OH is 4. The minimum atomic E-state index is -0.465. The molecule has 0 saturated heterocycles. The van der Waals surface area contributed by atoms with Crippen LogP contribution in [0.5, 0.6) is 0 Å². The average molecular weight is 986 g/mol. The Morgan fingerprint density at radius 1 is 0.388 bits per heavy atom. The fraction of sp³-hybridized carbons (Fsp3) is 0.930. The van der Waals surface area contributed by atoms with Gasteiger partial charge in [0.05, 0.1) is 24.4 Å². The zero-order chi connectivity index (χ0) is 49.4. The molecular formula is C57H112N2O6S2. The van der Waals surface area contributed by atoms with Crippen LogP contribution in [-0.2, 0) is 9.59 Å². The normalized spacial score (nSPS) is 13.7. The van der Waals surface area contributed by atoms with Crippen molar-refractivity contribution < 1.29 is 30.0 Å². The highest BCUT2D eigenvalue weighted by Gasteiger charge is 2.20. The van der Waals surface area contributed by atoms with Gasteiger partial charge in [-0.1, -0.05) is 263 Å². The minimum absolute atomic E-state index is 0.00299. The number of thioether (sulfide) groups is 2. The van der Waals surface area contributed by atoms with Gasteiger partial charge < -0.3 is 20.4 Å². The van der Waals surface area contributed by atoms with Crippen molar-refractivity contribution in [2.24, 2.45) is 0 Å². The molecule has 0 aromatic rings. The highest BCUT2D eigenvalue weighted by atomic mass is 32.2. The van der Waals surface area contributed by atoms with Gasteiger partial charge >= 0.3 is 0 Å². The summed E-state index contributed by atoms with van der Waals surface area (Å²) in [6.45, 7) is 16.1. The molecular weight excluding hydrogens is 873 g/mol. The van der Waals surface area contributed by atoms with Gasteiger partial charge in [-0.15, -0.1) is 0 Å². The summed E-state index contributed by atoms with van der Waals surface area (Å²) >= 11 is 2.38. The molecule has 0 fully saturated rings. The van der Waals surface area contributed by atoms with E-state index in [4.69, 9.17) is 0 Å². The lowest BCUT2D eigenvalue weighted by Crippen LogP contribution is -2.39. The minimum Gasteiger partial charge on any atom is -0.392 e. The van der Waals surface area contributed by atoms with Gasteiger partial charge in [0.15, 0.2) is 5.12 Å². The third kappa shape index (κ3) is 46.4. The number of carbonyl (C=O) groups is 2. The number of unbranched alkanes of at least 4 members (excludes halogenated alkanes) is 28. The van der Waals surface area contributed by atoms with E-state index in [9.17, 15) is 30.0 Å². The molecule has 0 bridgehead atoms. The van der Waals surface area contributed by atoms with E-state index in [1.807, 2.05) is 0 Å². The first-order valence-electron chi connectivity index (χ1n) is 28.7. The number of carbonyl (C=O) groups excluding carboxylic acids is 2. The molecule has 0 radical (unpaired) electrons. The van der Waals surface area contributed by atoms with Crippen LogP contribution in [0.1, 0.15) is 265 Å². The largest absolute Gasteiger partial charge is 0.392 e. The van der Waals surface area contributed by atoms with Gasteiger partial charge in [0, 0.05) is 62.8 Å². The van der Waals surface area contributed by atoms with Crippen molar-refractivity contribution in [3.63, 3.8) is 0 Å². The van der Waals surface area contributed by atoms with Gasteiger partial charge in [0.25, 0.3) is 0 Å². The van der Waals surface area contributed by atoms with E-state index < -0.39 is 24.4 Å². The van der Waals surface area contributed by atoms with Crippen LogP contribution < -0.4 is 0 Å². The maximum absolute atomic E-state index is 13.2. The first-order chi connectivity index (χ1) is 32.6. The number of hydrogen-bond donors (Lipinski definition) is 4. The van der Waals surface area contributed by atoms with Crippen LogP contribution in [-0.4, -0.2) is 116 Å². The molecule has 8 nitrogen and oxygen atoms in total. The molecule has 0 aliphatic rings.